The van der Waals surface area contributed by atoms with E-state index < -0.39 is 5.91 Å². The first kappa shape index (κ1) is 20.0. The normalized spacial score (nSPS) is 15.1. The average Bonchev–Trinajstić information content (AvgIpc) is 2.95. The second-order valence-electron chi connectivity index (χ2n) is 5.78. The molecule has 142 valence electrons. The lowest BCUT2D eigenvalue weighted by Gasteiger charge is -2.13. The first-order valence-electron chi connectivity index (χ1n) is 8.13. The van der Waals surface area contributed by atoms with Crippen LogP contribution in [0.25, 0.3) is 6.08 Å². The summed E-state index contributed by atoms with van der Waals surface area (Å²) in [6.45, 7) is 0.0569. The van der Waals surface area contributed by atoms with Crippen LogP contribution < -0.4 is 9.47 Å². The molecule has 0 aromatic heterocycles. The first-order chi connectivity index (χ1) is 13.5. The van der Waals surface area contributed by atoms with Crippen molar-refractivity contribution < 1.29 is 19.1 Å². The van der Waals surface area contributed by atoms with Crippen molar-refractivity contribution in [2.75, 3.05) is 14.2 Å². The number of hydrogen-bond acceptors (Lipinski definition) is 6. The maximum atomic E-state index is 12.8. The van der Waals surface area contributed by atoms with Gasteiger partial charge in [0.2, 0.25) is 0 Å². The number of rotatable bonds is 5. The molecule has 0 unspecified atom stereocenters. The van der Waals surface area contributed by atoms with E-state index in [1.807, 2.05) is 0 Å². The molecular formula is C20H15BrN2O4S. The van der Waals surface area contributed by atoms with Gasteiger partial charge in [-0.1, -0.05) is 18.2 Å². The molecule has 6 nitrogen and oxygen atoms in total. The van der Waals surface area contributed by atoms with Gasteiger partial charge in [0.1, 0.15) is 0 Å². The van der Waals surface area contributed by atoms with Gasteiger partial charge in [0.05, 0.1) is 41.8 Å². The number of imide groups is 1. The maximum Gasteiger partial charge on any atom is 0.293 e. The number of ether oxygens (including phenoxy) is 2. The van der Waals surface area contributed by atoms with Crippen LogP contribution >= 0.6 is 27.7 Å². The van der Waals surface area contributed by atoms with E-state index in [-0.39, 0.29) is 11.8 Å². The molecule has 2 aromatic rings. The van der Waals surface area contributed by atoms with Crippen LogP contribution in [0.3, 0.4) is 0 Å². The van der Waals surface area contributed by atoms with Crippen molar-refractivity contribution in [1.29, 1.82) is 5.26 Å². The highest BCUT2D eigenvalue weighted by Gasteiger charge is 2.35. The summed E-state index contributed by atoms with van der Waals surface area (Å²) >= 11 is 4.28. The molecule has 28 heavy (non-hydrogen) atoms. The fourth-order valence-corrected chi connectivity index (χ4v) is 4.21. The van der Waals surface area contributed by atoms with E-state index in [2.05, 4.69) is 22.0 Å². The van der Waals surface area contributed by atoms with Gasteiger partial charge < -0.3 is 9.47 Å². The number of amides is 2. The lowest BCUT2D eigenvalue weighted by molar-refractivity contribution is -0.123. The highest BCUT2D eigenvalue weighted by Crippen LogP contribution is 2.39. The molecule has 0 N–H and O–H groups in total. The fraction of sp³-hybridized carbons (Fsp3) is 0.150. The Kier molecular flexibility index (Phi) is 6.07. The van der Waals surface area contributed by atoms with E-state index in [9.17, 15) is 14.9 Å². The van der Waals surface area contributed by atoms with E-state index in [0.29, 0.717) is 37.6 Å². The summed E-state index contributed by atoms with van der Waals surface area (Å²) in [6.07, 6.45) is 1.63. The van der Waals surface area contributed by atoms with Crippen molar-refractivity contribution in [2.24, 2.45) is 0 Å². The molecule has 1 aliphatic heterocycles. The minimum Gasteiger partial charge on any atom is -0.493 e. The Hall–Kier alpha value is -2.76. The smallest absolute Gasteiger partial charge is 0.293 e. The Labute approximate surface area is 174 Å². The molecule has 0 atom stereocenters. The van der Waals surface area contributed by atoms with Crippen LogP contribution in [0.1, 0.15) is 16.7 Å². The van der Waals surface area contributed by atoms with Crippen LogP contribution in [0.15, 0.2) is 45.8 Å². The van der Waals surface area contributed by atoms with Crippen LogP contribution in [0.4, 0.5) is 4.79 Å². The molecule has 1 heterocycles. The van der Waals surface area contributed by atoms with Crippen LogP contribution in [-0.2, 0) is 11.3 Å². The summed E-state index contributed by atoms with van der Waals surface area (Å²) < 4.78 is 11.3. The predicted octanol–water partition coefficient (Wildman–Crippen LogP) is 4.57. The monoisotopic (exact) mass is 458 g/mol. The molecular weight excluding hydrogens is 444 g/mol. The van der Waals surface area contributed by atoms with Gasteiger partial charge in [-0.05, 0) is 63.1 Å². The predicted molar refractivity (Wildman–Crippen MR) is 110 cm³/mol. The van der Waals surface area contributed by atoms with Gasteiger partial charge in [0.25, 0.3) is 11.1 Å². The number of thioether (sulfide) groups is 1. The maximum absolute atomic E-state index is 12.8. The van der Waals surface area contributed by atoms with Gasteiger partial charge in [0, 0.05) is 0 Å². The van der Waals surface area contributed by atoms with Crippen LogP contribution in [0.5, 0.6) is 11.5 Å². The molecule has 1 saturated heterocycles. The molecule has 0 bridgehead atoms. The first-order valence-corrected chi connectivity index (χ1v) is 9.74. The van der Waals surface area contributed by atoms with E-state index in [1.54, 1.807) is 42.5 Å². The topological polar surface area (TPSA) is 79.6 Å². The lowest BCUT2D eigenvalue weighted by Crippen LogP contribution is -2.27. The minimum atomic E-state index is -0.395. The Morgan fingerprint density at radius 2 is 1.96 bits per heavy atom. The Balaban J connectivity index is 1.89. The van der Waals surface area contributed by atoms with Gasteiger partial charge in [-0.25, -0.2) is 0 Å². The van der Waals surface area contributed by atoms with E-state index in [1.165, 1.54) is 14.2 Å². The zero-order valence-corrected chi connectivity index (χ0v) is 17.5. The Bertz CT molecular complexity index is 1030. The van der Waals surface area contributed by atoms with Crippen molar-refractivity contribution in [3.8, 4) is 17.6 Å². The summed E-state index contributed by atoms with van der Waals surface area (Å²) in [5, 5.41) is 8.84. The third-order valence-electron chi connectivity index (χ3n) is 4.09. The quantitative estimate of drug-likeness (QED) is 0.610. The molecule has 0 spiro atoms. The Morgan fingerprint density at radius 3 is 2.64 bits per heavy atom. The lowest BCUT2D eigenvalue weighted by atomic mass is 10.1. The molecule has 0 saturated carbocycles. The van der Waals surface area contributed by atoms with Crippen LogP contribution in [0, 0.1) is 11.3 Å². The van der Waals surface area contributed by atoms with Gasteiger partial charge >= 0.3 is 0 Å². The van der Waals surface area contributed by atoms with Crippen LogP contribution in [-0.4, -0.2) is 30.3 Å². The molecule has 0 aliphatic carbocycles. The SMILES string of the molecule is COc1cc(/C=C2/SC(=O)N(Cc3ccccc3C#N)C2=O)cc(Br)c1OC. The second-order valence-corrected chi connectivity index (χ2v) is 7.62. The van der Waals surface area contributed by atoms with E-state index in [4.69, 9.17) is 9.47 Å². The number of benzene rings is 2. The minimum absolute atomic E-state index is 0.0569. The zero-order chi connectivity index (χ0) is 20.3. The van der Waals surface area contributed by atoms with Crippen LogP contribution in [0.2, 0.25) is 0 Å². The zero-order valence-electron chi connectivity index (χ0n) is 15.1. The largest absolute Gasteiger partial charge is 0.493 e. The number of nitriles is 1. The average molecular weight is 459 g/mol. The summed E-state index contributed by atoms with van der Waals surface area (Å²) in [7, 11) is 3.06. The summed E-state index contributed by atoms with van der Waals surface area (Å²) in [5.41, 5.74) is 1.75. The molecule has 8 heteroatoms. The van der Waals surface area contributed by atoms with Crippen molar-refractivity contribution in [2.45, 2.75) is 6.54 Å². The van der Waals surface area contributed by atoms with Gasteiger partial charge in [0.15, 0.2) is 11.5 Å². The molecule has 2 aromatic carbocycles. The molecule has 2 amide bonds. The third kappa shape index (κ3) is 3.91. The number of methoxy groups -OCH3 is 2. The standard InChI is InChI=1S/C20H15BrN2O4S/c1-26-16-8-12(7-15(21)18(16)27-2)9-17-19(24)23(20(25)28-17)11-14-6-4-3-5-13(14)10-22/h3-9H,11H2,1-2H3/b17-9+. The van der Waals surface area contributed by atoms with Crippen molar-refractivity contribution in [3.05, 3.63) is 62.5 Å². The highest BCUT2D eigenvalue weighted by molar-refractivity contribution is 9.10. The molecule has 1 aliphatic rings. The molecule has 3 rings (SSSR count). The van der Waals surface area contributed by atoms with Gasteiger partial charge in [-0.2, -0.15) is 5.26 Å². The molecule has 1 fully saturated rings. The summed E-state index contributed by atoms with van der Waals surface area (Å²) in [6, 6.07) is 12.5. The van der Waals surface area contributed by atoms with Crippen molar-refractivity contribution >= 4 is 44.9 Å². The number of carbonyl (C=O) groups excluding carboxylic acids is 2. The summed E-state index contributed by atoms with van der Waals surface area (Å²) in [5.74, 6) is 0.653. The highest BCUT2D eigenvalue weighted by atomic mass is 79.9. The van der Waals surface area contributed by atoms with Gasteiger partial charge in [-0.3, -0.25) is 14.5 Å². The molecule has 0 radical (unpaired) electrons. The van der Waals surface area contributed by atoms with E-state index >= 15 is 0 Å². The van der Waals surface area contributed by atoms with Gasteiger partial charge in [-0.15, -0.1) is 0 Å². The van der Waals surface area contributed by atoms with Crippen molar-refractivity contribution in [3.63, 3.8) is 0 Å². The summed E-state index contributed by atoms with van der Waals surface area (Å²) in [4.78, 5) is 26.6. The van der Waals surface area contributed by atoms with Crippen molar-refractivity contribution in [1.82, 2.24) is 4.90 Å². The Morgan fingerprint density at radius 1 is 1.21 bits per heavy atom. The second kappa shape index (κ2) is 8.50. The number of nitrogens with zero attached hydrogens (tertiary/aromatic N) is 2. The fourth-order valence-electron chi connectivity index (χ4n) is 2.75. The number of carbonyl (C=O) groups is 2. The number of halogens is 1. The third-order valence-corrected chi connectivity index (χ3v) is 5.59. The van der Waals surface area contributed by atoms with E-state index in [0.717, 1.165) is 16.7 Å². The number of hydrogen-bond donors (Lipinski definition) is 0.